The maximum atomic E-state index is 13.2. The lowest BCUT2D eigenvalue weighted by atomic mass is 10.1. The van der Waals surface area contributed by atoms with Gasteiger partial charge in [-0.2, -0.15) is 4.91 Å². The average molecular weight is 546 g/mol. The molecule has 1 amide bonds. The second-order valence-corrected chi connectivity index (χ2v) is 8.84. The number of nitrogens with zero attached hydrogens (tertiary/aromatic N) is 3. The number of fused-ring (bicyclic) bond motifs is 1. The molecule has 0 radical (unpaired) electrons. The maximum absolute atomic E-state index is 13.2. The van der Waals surface area contributed by atoms with Crippen molar-refractivity contribution >= 4 is 73.0 Å². The summed E-state index contributed by atoms with van der Waals surface area (Å²) in [4.78, 5) is 36.6. The molecule has 0 unspecified atom stereocenters. The van der Waals surface area contributed by atoms with Crippen LogP contribution in [0.25, 0.3) is 10.1 Å². The SMILES string of the molecule is Cc1csc2c(C(=O)N(N)CCN=O)c(Nc3ccc(I)cc3Cl)n(C)c(=O)c12. The number of hydrogen-bond donors (Lipinski definition) is 2. The molecule has 0 fully saturated rings. The summed E-state index contributed by atoms with van der Waals surface area (Å²) in [5.41, 5.74) is 1.32. The van der Waals surface area contributed by atoms with Crippen molar-refractivity contribution < 1.29 is 4.79 Å². The topological polar surface area (TPSA) is 110 Å². The van der Waals surface area contributed by atoms with Gasteiger partial charge in [-0.05, 0) is 58.7 Å². The fourth-order valence-corrected chi connectivity index (χ4v) is 4.88. The van der Waals surface area contributed by atoms with E-state index in [4.69, 9.17) is 17.4 Å². The normalized spacial score (nSPS) is 10.9. The smallest absolute Gasteiger partial charge is 0.272 e. The van der Waals surface area contributed by atoms with Gasteiger partial charge in [0.05, 0.1) is 32.9 Å². The van der Waals surface area contributed by atoms with Crippen LogP contribution in [0.15, 0.2) is 33.6 Å². The molecule has 0 bridgehead atoms. The number of amides is 1. The number of anilines is 2. The number of aromatic nitrogens is 1. The van der Waals surface area contributed by atoms with Crippen LogP contribution in [-0.4, -0.2) is 28.6 Å². The Morgan fingerprint density at radius 3 is 2.83 bits per heavy atom. The van der Waals surface area contributed by atoms with E-state index in [2.05, 4.69) is 33.1 Å². The molecule has 152 valence electrons. The Bertz CT molecular complexity index is 1180. The molecule has 3 rings (SSSR count). The molecule has 1 aromatic carbocycles. The standard InChI is InChI=1S/C18H17ClIN5O3S/c1-9-8-29-15-13(9)17(26)24(2)16(14(15)18(27)25(21)6-5-22-28)23-12-4-3-10(20)7-11(12)19/h3-4,7-8,23H,5-6,21H2,1-2H3. The molecule has 11 heteroatoms. The van der Waals surface area contributed by atoms with E-state index < -0.39 is 5.91 Å². The molecule has 0 saturated heterocycles. The summed E-state index contributed by atoms with van der Waals surface area (Å²) >= 11 is 9.77. The molecule has 3 N–H and O–H groups in total. The zero-order chi connectivity index (χ0) is 21.3. The number of nitroso groups, excluding NO2 is 1. The van der Waals surface area contributed by atoms with E-state index >= 15 is 0 Å². The number of pyridine rings is 1. The van der Waals surface area contributed by atoms with Crippen LogP contribution in [0.3, 0.4) is 0 Å². The quantitative estimate of drug-likeness (QED) is 0.160. The first-order valence-corrected chi connectivity index (χ1v) is 10.8. The van der Waals surface area contributed by atoms with Gasteiger partial charge < -0.3 is 5.32 Å². The minimum absolute atomic E-state index is 0.0409. The number of thiophene rings is 1. The van der Waals surface area contributed by atoms with Crippen LogP contribution >= 0.6 is 45.5 Å². The Balaban J connectivity index is 2.24. The van der Waals surface area contributed by atoms with Crippen molar-refractivity contribution in [3.05, 3.63) is 58.6 Å². The number of hydrogen-bond acceptors (Lipinski definition) is 7. The third kappa shape index (κ3) is 4.15. The van der Waals surface area contributed by atoms with Crippen LogP contribution in [-0.2, 0) is 7.05 Å². The summed E-state index contributed by atoms with van der Waals surface area (Å²) in [7, 11) is 1.58. The highest BCUT2D eigenvalue weighted by Gasteiger charge is 2.26. The highest BCUT2D eigenvalue weighted by molar-refractivity contribution is 14.1. The van der Waals surface area contributed by atoms with Crippen LogP contribution in [0.4, 0.5) is 11.5 Å². The molecule has 0 aliphatic rings. The van der Waals surface area contributed by atoms with Crippen molar-refractivity contribution in [2.75, 3.05) is 18.4 Å². The third-order valence-corrected chi connectivity index (χ3v) is 6.48. The van der Waals surface area contributed by atoms with Gasteiger partial charge in [0.1, 0.15) is 12.4 Å². The first kappa shape index (κ1) is 21.7. The van der Waals surface area contributed by atoms with Crippen LogP contribution < -0.4 is 16.7 Å². The lowest BCUT2D eigenvalue weighted by molar-refractivity contribution is 0.0763. The Morgan fingerprint density at radius 2 is 2.17 bits per heavy atom. The van der Waals surface area contributed by atoms with Crippen molar-refractivity contribution in [1.29, 1.82) is 0 Å². The summed E-state index contributed by atoms with van der Waals surface area (Å²) in [6.45, 7) is 1.64. The highest BCUT2D eigenvalue weighted by atomic mass is 127. The number of aryl methyl sites for hydroxylation is 1. The van der Waals surface area contributed by atoms with Gasteiger partial charge in [-0.3, -0.25) is 19.2 Å². The molecular weight excluding hydrogens is 529 g/mol. The van der Waals surface area contributed by atoms with E-state index in [-0.39, 0.29) is 30.0 Å². The molecule has 2 aromatic heterocycles. The van der Waals surface area contributed by atoms with Crippen molar-refractivity contribution in [1.82, 2.24) is 9.58 Å². The molecule has 0 saturated carbocycles. The van der Waals surface area contributed by atoms with Crippen molar-refractivity contribution in [3.8, 4) is 0 Å². The van der Waals surface area contributed by atoms with Gasteiger partial charge in [-0.15, -0.1) is 11.3 Å². The number of benzene rings is 1. The van der Waals surface area contributed by atoms with E-state index in [0.717, 1.165) is 14.1 Å². The van der Waals surface area contributed by atoms with Gasteiger partial charge in [0.15, 0.2) is 0 Å². The number of carbonyl (C=O) groups excluding carboxylic acids is 1. The Hall–Kier alpha value is -2.02. The van der Waals surface area contributed by atoms with Crippen LogP contribution in [0.5, 0.6) is 0 Å². The number of nitrogens with one attached hydrogen (secondary N) is 1. The van der Waals surface area contributed by atoms with E-state index in [1.807, 2.05) is 18.4 Å². The predicted molar refractivity (Wildman–Crippen MR) is 125 cm³/mol. The zero-order valence-corrected chi connectivity index (χ0v) is 19.3. The third-order valence-electron chi connectivity index (χ3n) is 4.38. The van der Waals surface area contributed by atoms with Crippen LogP contribution in [0.1, 0.15) is 15.9 Å². The highest BCUT2D eigenvalue weighted by Crippen LogP contribution is 2.34. The van der Waals surface area contributed by atoms with E-state index in [1.165, 1.54) is 15.9 Å². The minimum Gasteiger partial charge on any atom is -0.340 e. The van der Waals surface area contributed by atoms with E-state index in [1.54, 1.807) is 19.2 Å². The van der Waals surface area contributed by atoms with Crippen LogP contribution in [0.2, 0.25) is 5.02 Å². The molecule has 0 spiro atoms. The van der Waals surface area contributed by atoms with Gasteiger partial charge in [0.2, 0.25) is 0 Å². The largest absolute Gasteiger partial charge is 0.340 e. The lowest BCUT2D eigenvalue weighted by Crippen LogP contribution is -2.40. The summed E-state index contributed by atoms with van der Waals surface area (Å²) in [6.07, 6.45) is 0. The second-order valence-electron chi connectivity index (χ2n) is 6.31. The van der Waals surface area contributed by atoms with Gasteiger partial charge >= 0.3 is 0 Å². The molecule has 0 aliphatic carbocycles. The van der Waals surface area contributed by atoms with Gasteiger partial charge in [0, 0.05) is 10.6 Å². The Kier molecular flexibility index (Phi) is 6.56. The van der Waals surface area contributed by atoms with E-state index in [0.29, 0.717) is 20.8 Å². The molecule has 8 nitrogen and oxygen atoms in total. The second kappa shape index (κ2) is 8.78. The Morgan fingerprint density at radius 1 is 1.45 bits per heavy atom. The number of nitrogens with two attached hydrogens (primary N) is 1. The fourth-order valence-electron chi connectivity index (χ4n) is 2.90. The minimum atomic E-state index is -0.528. The monoisotopic (exact) mass is 545 g/mol. The summed E-state index contributed by atoms with van der Waals surface area (Å²) in [5.74, 6) is 5.62. The van der Waals surface area contributed by atoms with Gasteiger partial charge in [0.25, 0.3) is 11.5 Å². The van der Waals surface area contributed by atoms with Crippen molar-refractivity contribution in [2.45, 2.75) is 6.92 Å². The number of halogens is 2. The summed E-state index contributed by atoms with van der Waals surface area (Å²) in [6, 6.07) is 5.39. The molecule has 0 aliphatic heterocycles. The molecule has 3 aromatic rings. The van der Waals surface area contributed by atoms with E-state index in [9.17, 15) is 14.5 Å². The Labute approximate surface area is 188 Å². The van der Waals surface area contributed by atoms with Gasteiger partial charge in [-0.25, -0.2) is 5.84 Å². The predicted octanol–water partition coefficient (Wildman–Crippen LogP) is 3.99. The molecular formula is C18H17ClIN5O3S. The number of rotatable bonds is 6. The fraction of sp³-hybridized carbons (Fsp3) is 0.222. The number of carbonyl (C=O) groups is 1. The molecule has 29 heavy (non-hydrogen) atoms. The lowest BCUT2D eigenvalue weighted by Gasteiger charge is -2.21. The molecule has 2 heterocycles. The summed E-state index contributed by atoms with van der Waals surface area (Å²) < 4.78 is 2.84. The zero-order valence-electron chi connectivity index (χ0n) is 15.5. The van der Waals surface area contributed by atoms with Crippen molar-refractivity contribution in [3.63, 3.8) is 0 Å². The van der Waals surface area contributed by atoms with Gasteiger partial charge in [-0.1, -0.05) is 16.8 Å². The summed E-state index contributed by atoms with van der Waals surface area (Å²) in [5, 5.41) is 9.52. The number of hydrazine groups is 1. The van der Waals surface area contributed by atoms with Crippen molar-refractivity contribution in [2.24, 2.45) is 18.1 Å². The average Bonchev–Trinajstić information content (AvgIpc) is 3.06. The van der Waals surface area contributed by atoms with Crippen LogP contribution in [0, 0.1) is 15.4 Å². The first-order valence-electron chi connectivity index (χ1n) is 8.44. The maximum Gasteiger partial charge on any atom is 0.272 e. The first-order chi connectivity index (χ1) is 13.8. The molecule has 0 atom stereocenters.